The van der Waals surface area contributed by atoms with E-state index in [1.54, 1.807) is 18.8 Å². The van der Waals surface area contributed by atoms with Crippen LogP contribution < -0.4 is 15.0 Å². The van der Waals surface area contributed by atoms with Gasteiger partial charge in [0.25, 0.3) is 5.56 Å². The lowest BCUT2D eigenvalue weighted by atomic mass is 10.1. The molecule has 1 heterocycles. The molecule has 5 heteroatoms. The van der Waals surface area contributed by atoms with E-state index in [1.807, 2.05) is 72.8 Å². The van der Waals surface area contributed by atoms with Gasteiger partial charge >= 0.3 is 0 Å². The Morgan fingerprint density at radius 2 is 1.48 bits per heavy atom. The van der Waals surface area contributed by atoms with Gasteiger partial charge in [0.05, 0.1) is 25.3 Å². The van der Waals surface area contributed by atoms with E-state index in [2.05, 4.69) is 4.98 Å². The molecule has 0 amide bonds. The average molecular weight is 358 g/mol. The molecule has 27 heavy (non-hydrogen) atoms. The minimum atomic E-state index is -0.188. The molecule has 5 nitrogen and oxygen atoms in total. The molecule has 0 saturated heterocycles. The highest BCUT2D eigenvalue weighted by Gasteiger charge is 2.15. The van der Waals surface area contributed by atoms with Crippen molar-refractivity contribution in [2.75, 3.05) is 14.2 Å². The van der Waals surface area contributed by atoms with E-state index in [1.165, 1.54) is 0 Å². The summed E-state index contributed by atoms with van der Waals surface area (Å²) >= 11 is 0. The molecular formula is C22H18N2O3. The van der Waals surface area contributed by atoms with Crippen LogP contribution in [0.3, 0.4) is 0 Å². The predicted molar refractivity (Wildman–Crippen MR) is 106 cm³/mol. The predicted octanol–water partition coefficient (Wildman–Crippen LogP) is 4.07. The van der Waals surface area contributed by atoms with Gasteiger partial charge in [-0.2, -0.15) is 0 Å². The van der Waals surface area contributed by atoms with Crippen LogP contribution in [0, 0.1) is 0 Å². The Morgan fingerprint density at radius 3 is 2.15 bits per heavy atom. The van der Waals surface area contributed by atoms with Gasteiger partial charge in [-0.1, -0.05) is 30.3 Å². The van der Waals surface area contributed by atoms with E-state index in [0.29, 0.717) is 22.5 Å². The number of hydrogen-bond donors (Lipinski definition) is 0. The first-order valence-electron chi connectivity index (χ1n) is 8.52. The lowest BCUT2D eigenvalue weighted by Crippen LogP contribution is -2.22. The first-order chi connectivity index (χ1) is 13.2. The quantitative estimate of drug-likeness (QED) is 0.552. The van der Waals surface area contributed by atoms with Gasteiger partial charge in [-0.25, -0.2) is 4.98 Å². The molecule has 0 spiro atoms. The Kier molecular flexibility index (Phi) is 4.34. The molecule has 134 valence electrons. The van der Waals surface area contributed by atoms with Gasteiger partial charge in [-0.15, -0.1) is 0 Å². The van der Waals surface area contributed by atoms with Crippen molar-refractivity contribution in [3.05, 3.63) is 83.2 Å². The Balaban J connectivity index is 2.06. The van der Waals surface area contributed by atoms with Crippen LogP contribution in [-0.4, -0.2) is 23.8 Å². The maximum atomic E-state index is 13.4. The van der Waals surface area contributed by atoms with Crippen LogP contribution in [0.2, 0.25) is 0 Å². The lowest BCUT2D eigenvalue weighted by Gasteiger charge is -2.14. The van der Waals surface area contributed by atoms with Crippen molar-refractivity contribution in [3.63, 3.8) is 0 Å². The Hall–Kier alpha value is -3.60. The van der Waals surface area contributed by atoms with Crippen molar-refractivity contribution in [2.24, 2.45) is 0 Å². The molecule has 3 aromatic carbocycles. The second kappa shape index (κ2) is 6.96. The van der Waals surface area contributed by atoms with Crippen LogP contribution in [-0.2, 0) is 0 Å². The fourth-order valence-corrected chi connectivity index (χ4v) is 3.06. The molecule has 1 aromatic heterocycles. The molecular weight excluding hydrogens is 340 g/mol. The minimum Gasteiger partial charge on any atom is -0.497 e. The molecule has 0 aliphatic rings. The molecule has 0 aliphatic carbocycles. The molecule has 4 rings (SSSR count). The third-order valence-electron chi connectivity index (χ3n) is 4.44. The zero-order chi connectivity index (χ0) is 18.8. The van der Waals surface area contributed by atoms with E-state index in [0.717, 1.165) is 17.0 Å². The highest BCUT2D eigenvalue weighted by molar-refractivity contribution is 5.81. The van der Waals surface area contributed by atoms with E-state index < -0.39 is 0 Å². The van der Waals surface area contributed by atoms with Crippen molar-refractivity contribution in [1.82, 2.24) is 9.55 Å². The van der Waals surface area contributed by atoms with Crippen molar-refractivity contribution >= 4 is 11.0 Å². The van der Waals surface area contributed by atoms with E-state index in [9.17, 15) is 4.79 Å². The largest absolute Gasteiger partial charge is 0.497 e. The van der Waals surface area contributed by atoms with Crippen molar-refractivity contribution < 1.29 is 9.47 Å². The number of ether oxygens (including phenoxy) is 2. The molecule has 0 unspecified atom stereocenters. The number of fused-ring (bicyclic) bond motifs is 1. The number of methoxy groups -OCH3 is 2. The molecule has 0 fully saturated rings. The SMILES string of the molecule is COc1ccc(-n2c(=O)c(-c3ccccc3)nc3ccc(OC)cc32)cc1. The van der Waals surface area contributed by atoms with Crippen LogP contribution in [0.15, 0.2) is 77.6 Å². The maximum absolute atomic E-state index is 13.4. The van der Waals surface area contributed by atoms with Crippen LogP contribution in [0.1, 0.15) is 0 Å². The summed E-state index contributed by atoms with van der Waals surface area (Å²) < 4.78 is 12.2. The van der Waals surface area contributed by atoms with E-state index in [4.69, 9.17) is 9.47 Å². The number of benzene rings is 3. The average Bonchev–Trinajstić information content (AvgIpc) is 2.73. The smallest absolute Gasteiger partial charge is 0.282 e. The summed E-state index contributed by atoms with van der Waals surface area (Å²) in [5.74, 6) is 1.39. The summed E-state index contributed by atoms with van der Waals surface area (Å²) in [6.45, 7) is 0. The monoisotopic (exact) mass is 358 g/mol. The normalized spacial score (nSPS) is 10.7. The molecule has 0 radical (unpaired) electrons. The summed E-state index contributed by atoms with van der Waals surface area (Å²) in [6, 6.07) is 22.4. The van der Waals surface area contributed by atoms with Crippen molar-refractivity contribution in [2.45, 2.75) is 0 Å². The van der Waals surface area contributed by atoms with Gasteiger partial charge in [0.2, 0.25) is 0 Å². The van der Waals surface area contributed by atoms with Crippen LogP contribution in [0.4, 0.5) is 0 Å². The Bertz CT molecular complexity index is 1150. The zero-order valence-electron chi connectivity index (χ0n) is 15.0. The standard InChI is InChI=1S/C22H18N2O3/c1-26-17-10-8-16(9-11-17)24-20-14-18(27-2)12-13-19(20)23-21(22(24)25)15-6-4-3-5-7-15/h3-14H,1-2H3. The van der Waals surface area contributed by atoms with E-state index >= 15 is 0 Å². The highest BCUT2D eigenvalue weighted by Crippen LogP contribution is 2.24. The Labute approximate surface area is 156 Å². The number of nitrogens with zero attached hydrogens (tertiary/aromatic N) is 2. The van der Waals surface area contributed by atoms with Crippen LogP contribution in [0.5, 0.6) is 11.5 Å². The Morgan fingerprint density at radius 1 is 0.815 bits per heavy atom. The highest BCUT2D eigenvalue weighted by atomic mass is 16.5. The first-order valence-corrected chi connectivity index (χ1v) is 8.52. The number of hydrogen-bond acceptors (Lipinski definition) is 4. The fourth-order valence-electron chi connectivity index (χ4n) is 3.06. The van der Waals surface area contributed by atoms with Gasteiger partial charge in [-0.05, 0) is 36.4 Å². The third kappa shape index (κ3) is 3.04. The molecule has 0 aliphatic heterocycles. The van der Waals surface area contributed by atoms with E-state index in [-0.39, 0.29) is 5.56 Å². The second-order valence-corrected chi connectivity index (χ2v) is 6.02. The summed E-state index contributed by atoms with van der Waals surface area (Å²) in [7, 11) is 3.21. The molecule has 0 atom stereocenters. The van der Waals surface area contributed by atoms with Gasteiger partial charge in [0, 0.05) is 17.3 Å². The lowest BCUT2D eigenvalue weighted by molar-refractivity contribution is 0.414. The topological polar surface area (TPSA) is 53.4 Å². The molecule has 4 aromatic rings. The number of rotatable bonds is 4. The van der Waals surface area contributed by atoms with Crippen LogP contribution >= 0.6 is 0 Å². The summed E-state index contributed by atoms with van der Waals surface area (Å²) in [4.78, 5) is 18.0. The van der Waals surface area contributed by atoms with Gasteiger partial charge in [-0.3, -0.25) is 9.36 Å². The molecule has 0 N–H and O–H groups in total. The second-order valence-electron chi connectivity index (χ2n) is 6.02. The van der Waals surface area contributed by atoms with Crippen molar-refractivity contribution in [1.29, 1.82) is 0 Å². The summed E-state index contributed by atoms with van der Waals surface area (Å²) in [5.41, 5.74) is 3.13. The van der Waals surface area contributed by atoms with Gasteiger partial charge in [0.1, 0.15) is 17.2 Å². The zero-order valence-corrected chi connectivity index (χ0v) is 15.0. The first kappa shape index (κ1) is 16.8. The fraction of sp³-hybridized carbons (Fsp3) is 0.0909. The summed E-state index contributed by atoms with van der Waals surface area (Å²) in [5, 5.41) is 0. The minimum absolute atomic E-state index is 0.188. The van der Waals surface area contributed by atoms with Gasteiger partial charge < -0.3 is 9.47 Å². The molecule has 0 bridgehead atoms. The number of aromatic nitrogens is 2. The summed E-state index contributed by atoms with van der Waals surface area (Å²) in [6.07, 6.45) is 0. The third-order valence-corrected chi connectivity index (χ3v) is 4.44. The van der Waals surface area contributed by atoms with Gasteiger partial charge in [0.15, 0.2) is 0 Å². The van der Waals surface area contributed by atoms with Crippen LogP contribution in [0.25, 0.3) is 28.0 Å². The van der Waals surface area contributed by atoms with Crippen molar-refractivity contribution in [3.8, 4) is 28.4 Å². The maximum Gasteiger partial charge on any atom is 0.282 e. The molecule has 0 saturated carbocycles.